The lowest BCUT2D eigenvalue weighted by atomic mass is 10.1. The van der Waals surface area contributed by atoms with Gasteiger partial charge in [0.2, 0.25) is 0 Å². The molecule has 1 N–H and O–H groups in total. The SMILES string of the molecule is Cc1ccc(S(=O)(=O)Nc2cc(C(F)(F)F)ccc2-n2cc(Cl)cn2)cc1. The lowest BCUT2D eigenvalue weighted by Crippen LogP contribution is -2.16. The lowest BCUT2D eigenvalue weighted by Gasteiger charge is -2.15. The van der Waals surface area contributed by atoms with Gasteiger partial charge in [-0.25, -0.2) is 13.1 Å². The number of aromatic nitrogens is 2. The molecule has 10 heteroatoms. The van der Waals surface area contributed by atoms with E-state index >= 15 is 0 Å². The van der Waals surface area contributed by atoms with E-state index in [4.69, 9.17) is 11.6 Å². The fourth-order valence-electron chi connectivity index (χ4n) is 2.35. The van der Waals surface area contributed by atoms with Crippen molar-refractivity contribution in [2.24, 2.45) is 0 Å². The molecule has 1 aromatic heterocycles. The molecule has 0 saturated heterocycles. The molecule has 0 spiro atoms. The Morgan fingerprint density at radius 3 is 2.33 bits per heavy atom. The van der Waals surface area contributed by atoms with Crippen molar-refractivity contribution in [1.29, 1.82) is 0 Å². The third kappa shape index (κ3) is 4.25. The largest absolute Gasteiger partial charge is 0.416 e. The number of alkyl halides is 3. The van der Waals surface area contributed by atoms with E-state index in [9.17, 15) is 21.6 Å². The van der Waals surface area contributed by atoms with Crippen LogP contribution in [0.15, 0.2) is 59.8 Å². The maximum atomic E-state index is 13.1. The summed E-state index contributed by atoms with van der Waals surface area (Å²) in [5.74, 6) is 0. The monoisotopic (exact) mass is 415 g/mol. The number of aryl methyl sites for hydroxylation is 1. The number of halogens is 4. The molecule has 3 aromatic rings. The van der Waals surface area contributed by atoms with Gasteiger partial charge in [-0.3, -0.25) is 4.72 Å². The molecule has 142 valence electrons. The van der Waals surface area contributed by atoms with Gasteiger partial charge in [-0.2, -0.15) is 18.3 Å². The summed E-state index contributed by atoms with van der Waals surface area (Å²) in [4.78, 5) is -0.0741. The summed E-state index contributed by atoms with van der Waals surface area (Å²) in [7, 11) is -4.11. The first kappa shape index (κ1) is 19.2. The second kappa shape index (κ2) is 6.90. The molecule has 0 radical (unpaired) electrons. The number of nitrogens with one attached hydrogen (secondary N) is 1. The van der Waals surface area contributed by atoms with Gasteiger partial charge >= 0.3 is 6.18 Å². The molecule has 0 atom stereocenters. The van der Waals surface area contributed by atoms with Gasteiger partial charge in [0.1, 0.15) is 0 Å². The van der Waals surface area contributed by atoms with Crippen LogP contribution in [0.1, 0.15) is 11.1 Å². The fraction of sp³-hybridized carbons (Fsp3) is 0.118. The Labute approximate surface area is 158 Å². The van der Waals surface area contributed by atoms with Crippen LogP contribution in [0, 0.1) is 6.92 Å². The maximum Gasteiger partial charge on any atom is 0.416 e. The van der Waals surface area contributed by atoms with Crippen molar-refractivity contribution < 1.29 is 21.6 Å². The first-order valence-corrected chi connectivity index (χ1v) is 9.44. The maximum absolute atomic E-state index is 13.1. The average Bonchev–Trinajstić information content (AvgIpc) is 3.00. The molecule has 0 amide bonds. The number of rotatable bonds is 4. The number of sulfonamides is 1. The van der Waals surface area contributed by atoms with E-state index in [0.29, 0.717) is 0 Å². The summed E-state index contributed by atoms with van der Waals surface area (Å²) in [6.07, 6.45) is -1.99. The smallest absolute Gasteiger partial charge is 0.277 e. The summed E-state index contributed by atoms with van der Waals surface area (Å²) in [5, 5.41) is 4.17. The molecule has 0 aliphatic rings. The summed E-state index contributed by atoms with van der Waals surface area (Å²) in [6.45, 7) is 1.79. The minimum absolute atomic E-state index is 0.0741. The van der Waals surface area contributed by atoms with Crippen molar-refractivity contribution in [3.05, 3.63) is 71.0 Å². The van der Waals surface area contributed by atoms with E-state index in [2.05, 4.69) is 9.82 Å². The first-order valence-electron chi connectivity index (χ1n) is 7.57. The molecule has 0 bridgehead atoms. The molecule has 0 fully saturated rings. The van der Waals surface area contributed by atoms with Crippen molar-refractivity contribution in [2.45, 2.75) is 18.0 Å². The van der Waals surface area contributed by atoms with Crippen LogP contribution in [-0.2, 0) is 16.2 Å². The number of anilines is 1. The second-order valence-corrected chi connectivity index (χ2v) is 7.87. The van der Waals surface area contributed by atoms with Gasteiger partial charge in [-0.1, -0.05) is 29.3 Å². The number of benzene rings is 2. The minimum Gasteiger partial charge on any atom is -0.277 e. The Morgan fingerprint density at radius 1 is 1.11 bits per heavy atom. The zero-order valence-electron chi connectivity index (χ0n) is 13.8. The van der Waals surface area contributed by atoms with Crippen molar-refractivity contribution >= 4 is 27.3 Å². The number of hydrogen-bond acceptors (Lipinski definition) is 3. The highest BCUT2D eigenvalue weighted by Crippen LogP contribution is 2.34. The Bertz CT molecular complexity index is 1080. The van der Waals surface area contributed by atoms with Crippen LogP contribution in [0.5, 0.6) is 0 Å². The van der Waals surface area contributed by atoms with Crippen LogP contribution in [0.2, 0.25) is 5.02 Å². The van der Waals surface area contributed by atoms with Crippen LogP contribution in [0.3, 0.4) is 0 Å². The van der Waals surface area contributed by atoms with E-state index in [1.165, 1.54) is 29.2 Å². The number of hydrogen-bond donors (Lipinski definition) is 1. The van der Waals surface area contributed by atoms with Crippen molar-refractivity contribution in [2.75, 3.05) is 4.72 Å². The predicted octanol–water partition coefficient (Wildman–Crippen LogP) is 4.65. The van der Waals surface area contributed by atoms with Gasteiger partial charge in [0.15, 0.2) is 0 Å². The van der Waals surface area contributed by atoms with Crippen LogP contribution in [-0.4, -0.2) is 18.2 Å². The molecule has 3 rings (SSSR count). The molecule has 0 saturated carbocycles. The van der Waals surface area contributed by atoms with Crippen molar-refractivity contribution in [1.82, 2.24) is 9.78 Å². The number of nitrogens with zero attached hydrogens (tertiary/aromatic N) is 2. The summed E-state index contributed by atoms with van der Waals surface area (Å²) in [6, 6.07) is 8.61. The van der Waals surface area contributed by atoms with Crippen LogP contribution >= 0.6 is 11.6 Å². The Kier molecular flexibility index (Phi) is 4.92. The highest BCUT2D eigenvalue weighted by molar-refractivity contribution is 7.92. The topological polar surface area (TPSA) is 64.0 Å². The van der Waals surface area contributed by atoms with E-state index in [0.717, 1.165) is 23.8 Å². The fourth-order valence-corrected chi connectivity index (χ4v) is 3.55. The van der Waals surface area contributed by atoms with E-state index < -0.39 is 21.8 Å². The normalized spacial score (nSPS) is 12.2. The van der Waals surface area contributed by atoms with Crippen LogP contribution < -0.4 is 4.72 Å². The highest BCUT2D eigenvalue weighted by atomic mass is 35.5. The first-order chi connectivity index (χ1) is 12.6. The van der Waals surface area contributed by atoms with Gasteiger partial charge in [0.25, 0.3) is 10.0 Å². The van der Waals surface area contributed by atoms with Crippen LogP contribution in [0.4, 0.5) is 18.9 Å². The van der Waals surface area contributed by atoms with Gasteiger partial charge in [0.05, 0.1) is 33.1 Å². The van der Waals surface area contributed by atoms with Gasteiger partial charge in [-0.15, -0.1) is 0 Å². The Balaban J connectivity index is 2.10. The quantitative estimate of drug-likeness (QED) is 0.674. The van der Waals surface area contributed by atoms with E-state index in [1.807, 2.05) is 0 Å². The minimum atomic E-state index is -4.63. The standard InChI is InChI=1S/C17H13ClF3N3O2S/c1-11-2-5-14(6-3-11)27(25,26)23-15-8-12(17(19,20)21)4-7-16(15)24-10-13(18)9-22-24/h2-10,23H,1H3. The molecular formula is C17H13ClF3N3O2S. The molecule has 0 unspecified atom stereocenters. The zero-order valence-corrected chi connectivity index (χ0v) is 15.4. The molecule has 2 aromatic carbocycles. The molecule has 1 heterocycles. The summed E-state index contributed by atoms with van der Waals surface area (Å²) >= 11 is 5.81. The molecule has 0 aliphatic heterocycles. The zero-order chi connectivity index (χ0) is 19.8. The van der Waals surface area contributed by atoms with Crippen LogP contribution in [0.25, 0.3) is 5.69 Å². The third-order valence-corrected chi connectivity index (χ3v) is 5.27. The molecular weight excluding hydrogens is 403 g/mol. The average molecular weight is 416 g/mol. The Hall–Kier alpha value is -2.52. The second-order valence-electron chi connectivity index (χ2n) is 5.75. The van der Waals surface area contributed by atoms with Gasteiger partial charge in [0, 0.05) is 6.20 Å². The summed E-state index contributed by atoms with van der Waals surface area (Å²) in [5.41, 5.74) is -0.318. The summed E-state index contributed by atoms with van der Waals surface area (Å²) < 4.78 is 67.9. The van der Waals surface area contributed by atoms with E-state index in [-0.39, 0.29) is 21.3 Å². The van der Waals surface area contributed by atoms with Crippen molar-refractivity contribution in [3.8, 4) is 5.69 Å². The van der Waals surface area contributed by atoms with Gasteiger partial charge < -0.3 is 0 Å². The molecule has 0 aliphatic carbocycles. The third-order valence-electron chi connectivity index (χ3n) is 3.70. The van der Waals surface area contributed by atoms with E-state index in [1.54, 1.807) is 19.1 Å². The Morgan fingerprint density at radius 2 is 1.78 bits per heavy atom. The lowest BCUT2D eigenvalue weighted by molar-refractivity contribution is -0.137. The molecule has 5 nitrogen and oxygen atoms in total. The van der Waals surface area contributed by atoms with Crippen molar-refractivity contribution in [3.63, 3.8) is 0 Å². The molecule has 27 heavy (non-hydrogen) atoms. The van der Waals surface area contributed by atoms with Gasteiger partial charge in [-0.05, 0) is 37.3 Å². The highest BCUT2D eigenvalue weighted by Gasteiger charge is 2.32. The predicted molar refractivity (Wildman–Crippen MR) is 95.6 cm³/mol.